The molecule has 0 fully saturated rings. The monoisotopic (exact) mass is 374 g/mol. The molecule has 2 aromatic rings. The lowest BCUT2D eigenvalue weighted by Crippen LogP contribution is -2.21. The zero-order chi connectivity index (χ0) is 20.0. The van der Waals surface area contributed by atoms with Crippen LogP contribution in [-0.4, -0.2) is 34.7 Å². The third-order valence-electron chi connectivity index (χ3n) is 3.55. The third kappa shape index (κ3) is 4.91. The maximum absolute atomic E-state index is 11.9. The van der Waals surface area contributed by atoms with Crippen LogP contribution in [0.4, 0.5) is 5.69 Å². The van der Waals surface area contributed by atoms with Gasteiger partial charge in [-0.05, 0) is 24.3 Å². The number of methoxy groups -OCH3 is 1. The molecule has 0 bridgehead atoms. The van der Waals surface area contributed by atoms with Crippen LogP contribution in [0.15, 0.2) is 35.6 Å². The van der Waals surface area contributed by atoms with Crippen molar-refractivity contribution in [2.45, 2.75) is 13.3 Å². The molecule has 0 atom stereocenters. The van der Waals surface area contributed by atoms with Gasteiger partial charge in [-0.15, -0.1) is 0 Å². The molecule has 1 aromatic carbocycles. The summed E-state index contributed by atoms with van der Waals surface area (Å²) in [7, 11) is 3.03. The van der Waals surface area contributed by atoms with Gasteiger partial charge in [-0.2, -0.15) is 5.10 Å². The lowest BCUT2D eigenvalue weighted by atomic mass is 10.1. The number of nitro benzene ring substituents is 1. The summed E-state index contributed by atoms with van der Waals surface area (Å²) in [4.78, 5) is 33.8. The van der Waals surface area contributed by atoms with Crippen molar-refractivity contribution in [3.8, 4) is 11.5 Å². The Hall–Kier alpha value is -3.69. The highest BCUT2D eigenvalue weighted by atomic mass is 16.6. The molecule has 1 amide bonds. The van der Waals surface area contributed by atoms with Gasteiger partial charge in [0.2, 0.25) is 11.7 Å². The molecule has 0 aliphatic heterocycles. The van der Waals surface area contributed by atoms with E-state index in [4.69, 9.17) is 9.47 Å². The minimum atomic E-state index is -0.682. The highest BCUT2D eigenvalue weighted by Gasteiger charge is 2.25. The molecule has 10 nitrogen and oxygen atoms in total. The first kappa shape index (κ1) is 19.6. The van der Waals surface area contributed by atoms with E-state index in [1.807, 2.05) is 19.3 Å². The van der Waals surface area contributed by atoms with Crippen LogP contribution in [0.3, 0.4) is 0 Å². The van der Waals surface area contributed by atoms with Crippen LogP contribution in [-0.2, 0) is 23.1 Å². The zero-order valence-electron chi connectivity index (χ0n) is 15.0. The maximum atomic E-state index is 11.9. The zero-order valence-corrected chi connectivity index (χ0v) is 15.0. The van der Waals surface area contributed by atoms with Gasteiger partial charge in [-0.25, -0.2) is 5.43 Å². The smallest absolute Gasteiger partial charge is 0.323 e. The fraction of sp³-hybridized carbons (Fsp3) is 0.235. The molecular formula is C17H18N4O6. The summed E-state index contributed by atoms with van der Waals surface area (Å²) < 4.78 is 11.7. The Morgan fingerprint density at radius 3 is 2.67 bits per heavy atom. The normalized spacial score (nSPS) is 10.6. The highest BCUT2D eigenvalue weighted by molar-refractivity contribution is 5.90. The number of carbonyl (C=O) groups is 2. The number of aryl methyl sites for hydroxylation is 1. The molecule has 27 heavy (non-hydrogen) atoms. The van der Waals surface area contributed by atoms with Crippen LogP contribution < -0.4 is 14.9 Å². The van der Waals surface area contributed by atoms with Crippen molar-refractivity contribution in [1.29, 1.82) is 0 Å². The molecule has 0 aliphatic carbocycles. The van der Waals surface area contributed by atoms with Gasteiger partial charge in [0.15, 0.2) is 5.75 Å². The number of ether oxygens (including phenoxy) is 2. The number of benzene rings is 1. The number of rotatable bonds is 7. The van der Waals surface area contributed by atoms with Gasteiger partial charge in [-0.3, -0.25) is 19.7 Å². The Morgan fingerprint density at radius 1 is 1.37 bits per heavy atom. The van der Waals surface area contributed by atoms with Crippen LogP contribution in [0.1, 0.15) is 18.2 Å². The van der Waals surface area contributed by atoms with Gasteiger partial charge in [0.05, 0.1) is 30.2 Å². The Bertz CT molecular complexity index is 903. The van der Waals surface area contributed by atoms with Crippen molar-refractivity contribution in [3.63, 3.8) is 0 Å². The number of esters is 1. The van der Waals surface area contributed by atoms with Gasteiger partial charge in [0, 0.05) is 25.9 Å². The fourth-order valence-corrected chi connectivity index (χ4v) is 2.35. The van der Waals surface area contributed by atoms with Crippen LogP contribution in [0, 0.1) is 10.1 Å². The SMILES string of the molecule is COc1c(OC(C)=O)ccc(C=NNC(=O)Cc2cccn2C)c1[N+](=O)[O-]. The molecule has 0 saturated heterocycles. The third-order valence-corrected chi connectivity index (χ3v) is 3.55. The second kappa shape index (κ2) is 8.61. The molecule has 142 valence electrons. The summed E-state index contributed by atoms with van der Waals surface area (Å²) in [5.74, 6) is -1.31. The molecule has 10 heteroatoms. The van der Waals surface area contributed by atoms with E-state index in [1.54, 1.807) is 10.6 Å². The minimum Gasteiger partial charge on any atom is -0.488 e. The molecule has 0 spiro atoms. The second-order valence-electron chi connectivity index (χ2n) is 5.47. The first-order valence-corrected chi connectivity index (χ1v) is 7.79. The van der Waals surface area contributed by atoms with Crippen molar-refractivity contribution in [3.05, 3.63) is 51.8 Å². The molecule has 2 rings (SSSR count). The predicted octanol–water partition coefficient (Wildman–Crippen LogP) is 1.56. The number of aromatic nitrogens is 1. The number of hydrogen-bond acceptors (Lipinski definition) is 7. The van der Waals surface area contributed by atoms with Crippen molar-refractivity contribution in [2.75, 3.05) is 7.11 Å². The van der Waals surface area contributed by atoms with Gasteiger partial charge >= 0.3 is 11.7 Å². The van der Waals surface area contributed by atoms with E-state index >= 15 is 0 Å². The van der Waals surface area contributed by atoms with Gasteiger partial charge in [0.25, 0.3) is 0 Å². The lowest BCUT2D eigenvalue weighted by molar-refractivity contribution is -0.385. The fourth-order valence-electron chi connectivity index (χ4n) is 2.35. The summed E-state index contributed by atoms with van der Waals surface area (Å²) in [5, 5.41) is 15.2. The van der Waals surface area contributed by atoms with Crippen LogP contribution in [0.5, 0.6) is 11.5 Å². The van der Waals surface area contributed by atoms with Crippen molar-refractivity contribution in [2.24, 2.45) is 12.1 Å². The van der Waals surface area contributed by atoms with Crippen LogP contribution >= 0.6 is 0 Å². The molecule has 1 aromatic heterocycles. The summed E-state index contributed by atoms with van der Waals surface area (Å²) in [6, 6.07) is 6.30. The first-order valence-electron chi connectivity index (χ1n) is 7.79. The van der Waals surface area contributed by atoms with E-state index < -0.39 is 16.6 Å². The number of amides is 1. The lowest BCUT2D eigenvalue weighted by Gasteiger charge is -2.09. The summed E-state index contributed by atoms with van der Waals surface area (Å²) in [6.07, 6.45) is 3.05. The maximum Gasteiger partial charge on any atom is 0.323 e. The first-order chi connectivity index (χ1) is 12.8. The van der Waals surface area contributed by atoms with E-state index in [0.29, 0.717) is 0 Å². The minimum absolute atomic E-state index is 0.0759. The van der Waals surface area contributed by atoms with Crippen molar-refractivity contribution in [1.82, 2.24) is 9.99 Å². The van der Waals surface area contributed by atoms with Crippen LogP contribution in [0.2, 0.25) is 0 Å². The Kier molecular flexibility index (Phi) is 6.26. The standard InChI is InChI=1S/C17H18N4O6/c1-11(22)27-14-7-6-12(16(21(24)25)17(14)26-3)10-18-19-15(23)9-13-5-4-8-20(13)2/h4-8,10H,9H2,1-3H3,(H,19,23). The quantitative estimate of drug-likeness (QED) is 0.258. The average molecular weight is 374 g/mol. The Balaban J connectivity index is 2.20. The molecular weight excluding hydrogens is 356 g/mol. The molecule has 1 N–H and O–H groups in total. The Labute approximate surface area is 154 Å². The van der Waals surface area contributed by atoms with Gasteiger partial charge in [0.1, 0.15) is 0 Å². The van der Waals surface area contributed by atoms with Gasteiger partial charge in [-0.1, -0.05) is 0 Å². The molecule has 0 aliphatic rings. The summed E-state index contributed by atoms with van der Waals surface area (Å²) in [5.41, 5.74) is 2.75. The van der Waals surface area contributed by atoms with E-state index in [2.05, 4.69) is 10.5 Å². The largest absolute Gasteiger partial charge is 0.488 e. The van der Waals surface area contributed by atoms with Crippen LogP contribution in [0.25, 0.3) is 0 Å². The number of carbonyl (C=O) groups excluding carboxylic acids is 2. The van der Waals surface area contributed by atoms with Crippen molar-refractivity contribution < 1.29 is 24.0 Å². The molecule has 0 radical (unpaired) electrons. The molecule has 0 unspecified atom stereocenters. The number of nitrogens with zero attached hydrogens (tertiary/aromatic N) is 3. The second-order valence-corrected chi connectivity index (χ2v) is 5.47. The number of hydrazone groups is 1. The van der Waals surface area contributed by atoms with E-state index in [9.17, 15) is 19.7 Å². The molecule has 0 saturated carbocycles. The van der Waals surface area contributed by atoms with Crippen molar-refractivity contribution >= 4 is 23.8 Å². The number of nitrogens with one attached hydrogen (secondary N) is 1. The summed E-state index contributed by atoms with van der Waals surface area (Å²) in [6.45, 7) is 1.17. The highest BCUT2D eigenvalue weighted by Crippen LogP contribution is 2.39. The number of nitro groups is 1. The predicted molar refractivity (Wildman–Crippen MR) is 95.8 cm³/mol. The molecule has 1 heterocycles. The van der Waals surface area contributed by atoms with E-state index in [1.165, 1.54) is 26.2 Å². The number of hydrogen-bond donors (Lipinski definition) is 1. The Morgan fingerprint density at radius 2 is 2.11 bits per heavy atom. The van der Waals surface area contributed by atoms with Gasteiger partial charge < -0.3 is 14.0 Å². The topological polar surface area (TPSA) is 125 Å². The van der Waals surface area contributed by atoms with E-state index in [0.717, 1.165) is 11.9 Å². The summed E-state index contributed by atoms with van der Waals surface area (Å²) >= 11 is 0. The average Bonchev–Trinajstić information content (AvgIpc) is 2.99. The van der Waals surface area contributed by atoms with E-state index in [-0.39, 0.29) is 29.4 Å².